The van der Waals surface area contributed by atoms with E-state index in [1.807, 2.05) is 0 Å². The van der Waals surface area contributed by atoms with Gasteiger partial charge in [-0.05, 0) is 44.0 Å². The molecule has 1 N–H and O–H groups in total. The van der Waals surface area contributed by atoms with Crippen LogP contribution in [-0.2, 0) is 13.5 Å². The highest BCUT2D eigenvalue weighted by Crippen LogP contribution is 2.17. The van der Waals surface area contributed by atoms with Crippen LogP contribution < -0.4 is 5.32 Å². The lowest BCUT2D eigenvalue weighted by atomic mass is 10.0. The lowest BCUT2D eigenvalue weighted by Gasteiger charge is -2.11. The number of aromatic nitrogens is 2. The molecule has 1 aromatic heterocycles. The van der Waals surface area contributed by atoms with Crippen LogP contribution in [0.25, 0.3) is 11.0 Å². The first-order valence-electron chi connectivity index (χ1n) is 7.33. The Bertz CT molecular complexity index is 516. The molecule has 19 heavy (non-hydrogen) atoms. The first-order valence-corrected chi connectivity index (χ1v) is 7.33. The van der Waals surface area contributed by atoms with Crippen molar-refractivity contribution in [2.45, 2.75) is 33.1 Å². The summed E-state index contributed by atoms with van der Waals surface area (Å²) >= 11 is 0. The molecule has 0 aliphatic carbocycles. The summed E-state index contributed by atoms with van der Waals surface area (Å²) in [7, 11) is 2.12. The van der Waals surface area contributed by atoms with Crippen LogP contribution in [0.4, 0.5) is 0 Å². The fourth-order valence-electron chi connectivity index (χ4n) is 2.44. The quantitative estimate of drug-likeness (QED) is 0.774. The monoisotopic (exact) mass is 259 g/mol. The SMILES string of the molecule is CCCNCCC(C)Cc1nc2ccccc2n1C. The summed E-state index contributed by atoms with van der Waals surface area (Å²) in [5.74, 6) is 1.86. The van der Waals surface area contributed by atoms with Crippen LogP contribution >= 0.6 is 0 Å². The van der Waals surface area contributed by atoms with Crippen LogP contribution in [-0.4, -0.2) is 22.6 Å². The van der Waals surface area contributed by atoms with Gasteiger partial charge >= 0.3 is 0 Å². The average Bonchev–Trinajstić information content (AvgIpc) is 2.72. The molecular formula is C16H25N3. The number of nitrogens with one attached hydrogen (secondary N) is 1. The number of aryl methyl sites for hydroxylation is 1. The zero-order valence-corrected chi connectivity index (χ0v) is 12.3. The highest BCUT2D eigenvalue weighted by Gasteiger charge is 2.10. The number of nitrogens with zero attached hydrogens (tertiary/aromatic N) is 2. The van der Waals surface area contributed by atoms with Gasteiger partial charge in [0.25, 0.3) is 0 Å². The predicted molar refractivity (Wildman–Crippen MR) is 81.4 cm³/mol. The molecule has 1 heterocycles. The van der Waals surface area contributed by atoms with Crippen molar-refractivity contribution in [2.24, 2.45) is 13.0 Å². The number of imidazole rings is 1. The summed E-state index contributed by atoms with van der Waals surface area (Å²) in [6, 6.07) is 8.36. The zero-order chi connectivity index (χ0) is 13.7. The van der Waals surface area contributed by atoms with Crippen molar-refractivity contribution < 1.29 is 0 Å². The van der Waals surface area contributed by atoms with Crippen molar-refractivity contribution in [3.63, 3.8) is 0 Å². The number of fused-ring (bicyclic) bond motifs is 1. The molecule has 0 aliphatic rings. The van der Waals surface area contributed by atoms with Crippen molar-refractivity contribution >= 4 is 11.0 Å². The molecule has 2 aromatic rings. The van der Waals surface area contributed by atoms with Crippen molar-refractivity contribution in [1.82, 2.24) is 14.9 Å². The fraction of sp³-hybridized carbons (Fsp3) is 0.562. The van der Waals surface area contributed by atoms with E-state index in [9.17, 15) is 0 Å². The van der Waals surface area contributed by atoms with E-state index in [-0.39, 0.29) is 0 Å². The van der Waals surface area contributed by atoms with Gasteiger partial charge in [-0.2, -0.15) is 0 Å². The third-order valence-electron chi connectivity index (χ3n) is 3.65. The first-order chi connectivity index (χ1) is 9.22. The lowest BCUT2D eigenvalue weighted by Crippen LogP contribution is -2.19. The normalized spacial score (nSPS) is 13.0. The molecule has 0 spiro atoms. The molecular weight excluding hydrogens is 234 g/mol. The van der Waals surface area contributed by atoms with E-state index < -0.39 is 0 Å². The molecule has 0 amide bonds. The third kappa shape index (κ3) is 3.57. The first kappa shape index (κ1) is 14.1. The third-order valence-corrected chi connectivity index (χ3v) is 3.65. The van der Waals surface area contributed by atoms with Gasteiger partial charge in [-0.25, -0.2) is 4.98 Å². The Morgan fingerprint density at radius 2 is 2.05 bits per heavy atom. The molecule has 3 nitrogen and oxygen atoms in total. The molecule has 0 aliphatic heterocycles. The summed E-state index contributed by atoms with van der Waals surface area (Å²) in [5, 5.41) is 3.47. The molecule has 1 aromatic carbocycles. The standard InChI is InChI=1S/C16H25N3/c1-4-10-17-11-9-13(2)12-16-18-14-7-5-6-8-15(14)19(16)3/h5-8,13,17H,4,9-12H2,1-3H3. The van der Waals surface area contributed by atoms with Crippen molar-refractivity contribution in [2.75, 3.05) is 13.1 Å². The number of para-hydroxylation sites is 2. The zero-order valence-electron chi connectivity index (χ0n) is 12.3. The van der Waals surface area contributed by atoms with Gasteiger partial charge in [-0.15, -0.1) is 0 Å². The van der Waals surface area contributed by atoms with E-state index in [4.69, 9.17) is 4.98 Å². The second-order valence-corrected chi connectivity index (χ2v) is 5.42. The Morgan fingerprint density at radius 3 is 2.79 bits per heavy atom. The maximum absolute atomic E-state index is 4.74. The van der Waals surface area contributed by atoms with E-state index in [1.54, 1.807) is 0 Å². The van der Waals surface area contributed by atoms with Crippen molar-refractivity contribution in [3.05, 3.63) is 30.1 Å². The molecule has 0 saturated carbocycles. The second-order valence-electron chi connectivity index (χ2n) is 5.42. The van der Waals surface area contributed by atoms with E-state index in [2.05, 4.69) is 55.0 Å². The van der Waals surface area contributed by atoms with Crippen LogP contribution in [0.3, 0.4) is 0 Å². The highest BCUT2D eigenvalue weighted by molar-refractivity contribution is 5.75. The van der Waals surface area contributed by atoms with Gasteiger partial charge in [0.2, 0.25) is 0 Å². The minimum absolute atomic E-state index is 0.667. The number of hydrogen-bond donors (Lipinski definition) is 1. The lowest BCUT2D eigenvalue weighted by molar-refractivity contribution is 0.484. The van der Waals surface area contributed by atoms with Gasteiger partial charge in [0.1, 0.15) is 5.82 Å². The van der Waals surface area contributed by atoms with Crippen molar-refractivity contribution in [3.8, 4) is 0 Å². The molecule has 0 bridgehead atoms. The van der Waals surface area contributed by atoms with E-state index in [0.717, 1.165) is 25.0 Å². The molecule has 1 unspecified atom stereocenters. The smallest absolute Gasteiger partial charge is 0.109 e. The summed E-state index contributed by atoms with van der Waals surface area (Å²) in [6.07, 6.45) is 3.47. The van der Waals surface area contributed by atoms with E-state index in [0.29, 0.717) is 5.92 Å². The largest absolute Gasteiger partial charge is 0.331 e. The molecule has 1 atom stereocenters. The Labute approximate surface area is 116 Å². The van der Waals surface area contributed by atoms with Gasteiger partial charge in [0.05, 0.1) is 11.0 Å². The van der Waals surface area contributed by atoms with Crippen LogP contribution in [0.15, 0.2) is 24.3 Å². The number of benzene rings is 1. The molecule has 0 radical (unpaired) electrons. The van der Waals surface area contributed by atoms with Crippen LogP contribution in [0.1, 0.15) is 32.5 Å². The Hall–Kier alpha value is -1.35. The number of hydrogen-bond acceptors (Lipinski definition) is 2. The van der Waals surface area contributed by atoms with Gasteiger partial charge in [-0.1, -0.05) is 26.0 Å². The highest BCUT2D eigenvalue weighted by atomic mass is 15.1. The molecule has 104 valence electrons. The maximum Gasteiger partial charge on any atom is 0.109 e. The summed E-state index contributed by atoms with van der Waals surface area (Å²) in [6.45, 7) is 6.75. The molecule has 0 saturated heterocycles. The summed E-state index contributed by atoms with van der Waals surface area (Å²) < 4.78 is 2.23. The van der Waals surface area contributed by atoms with Gasteiger partial charge in [-0.3, -0.25) is 0 Å². The summed E-state index contributed by atoms with van der Waals surface area (Å²) in [5.41, 5.74) is 2.34. The van der Waals surface area contributed by atoms with Crippen LogP contribution in [0.5, 0.6) is 0 Å². The van der Waals surface area contributed by atoms with E-state index in [1.165, 1.54) is 24.2 Å². The average molecular weight is 259 g/mol. The van der Waals surface area contributed by atoms with Crippen LogP contribution in [0.2, 0.25) is 0 Å². The molecule has 2 rings (SSSR count). The predicted octanol–water partition coefficient (Wildman–Crippen LogP) is 3.14. The Kier molecular flexibility index (Phi) is 4.97. The molecule has 0 fully saturated rings. The molecule has 3 heteroatoms. The van der Waals surface area contributed by atoms with Crippen molar-refractivity contribution in [1.29, 1.82) is 0 Å². The maximum atomic E-state index is 4.74. The number of rotatable bonds is 7. The van der Waals surface area contributed by atoms with Gasteiger partial charge < -0.3 is 9.88 Å². The fourth-order valence-corrected chi connectivity index (χ4v) is 2.44. The Balaban J connectivity index is 1.95. The minimum atomic E-state index is 0.667. The van der Waals surface area contributed by atoms with Crippen LogP contribution in [0, 0.1) is 5.92 Å². The topological polar surface area (TPSA) is 29.9 Å². The van der Waals surface area contributed by atoms with Gasteiger partial charge in [0, 0.05) is 13.5 Å². The van der Waals surface area contributed by atoms with E-state index >= 15 is 0 Å². The summed E-state index contributed by atoms with van der Waals surface area (Å²) in [4.78, 5) is 4.74. The van der Waals surface area contributed by atoms with Gasteiger partial charge in [0.15, 0.2) is 0 Å². The minimum Gasteiger partial charge on any atom is -0.331 e. The second kappa shape index (κ2) is 6.71. The Morgan fingerprint density at radius 1 is 1.26 bits per heavy atom.